The minimum absolute atomic E-state index is 0.0146. The Labute approximate surface area is 167 Å². The summed E-state index contributed by atoms with van der Waals surface area (Å²) in [6.45, 7) is 6.54. The SMILES string of the molecule is CCC(C)(C)c1ccc(OCC(=O)Nc2ccc(CCC(=O)NC)cc2)cc1. The van der Waals surface area contributed by atoms with Crippen LogP contribution in [0.5, 0.6) is 5.75 Å². The van der Waals surface area contributed by atoms with Crippen LogP contribution in [0.1, 0.15) is 44.7 Å². The molecule has 0 saturated heterocycles. The Morgan fingerprint density at radius 2 is 1.61 bits per heavy atom. The zero-order valence-corrected chi connectivity index (χ0v) is 17.2. The molecule has 0 atom stereocenters. The van der Waals surface area contributed by atoms with E-state index >= 15 is 0 Å². The van der Waals surface area contributed by atoms with Crippen LogP contribution in [0.2, 0.25) is 0 Å². The van der Waals surface area contributed by atoms with Crippen LogP contribution < -0.4 is 15.4 Å². The van der Waals surface area contributed by atoms with Crippen molar-refractivity contribution in [2.45, 2.75) is 45.4 Å². The highest BCUT2D eigenvalue weighted by Gasteiger charge is 2.17. The van der Waals surface area contributed by atoms with Gasteiger partial charge in [0.05, 0.1) is 0 Å². The monoisotopic (exact) mass is 382 g/mol. The summed E-state index contributed by atoms with van der Waals surface area (Å²) in [5, 5.41) is 5.42. The molecule has 0 aliphatic rings. The molecule has 0 saturated carbocycles. The molecule has 2 aromatic carbocycles. The third kappa shape index (κ3) is 6.41. The molecule has 0 radical (unpaired) electrons. The maximum absolute atomic E-state index is 12.1. The van der Waals surface area contributed by atoms with Crippen LogP contribution in [0.3, 0.4) is 0 Å². The summed E-state index contributed by atoms with van der Waals surface area (Å²) in [6.07, 6.45) is 2.17. The molecule has 0 aliphatic heterocycles. The number of rotatable bonds is 9. The number of ether oxygens (including phenoxy) is 1. The Kier molecular flexibility index (Phi) is 7.61. The molecule has 2 amide bonds. The lowest BCUT2D eigenvalue weighted by Crippen LogP contribution is -2.20. The number of aryl methyl sites for hydroxylation is 1. The van der Waals surface area contributed by atoms with Crippen molar-refractivity contribution in [2.75, 3.05) is 19.0 Å². The highest BCUT2D eigenvalue weighted by Crippen LogP contribution is 2.28. The number of anilines is 1. The number of hydrogen-bond acceptors (Lipinski definition) is 3. The second kappa shape index (κ2) is 9.93. The molecular formula is C23H30N2O3. The van der Waals surface area contributed by atoms with Gasteiger partial charge in [-0.3, -0.25) is 9.59 Å². The Morgan fingerprint density at radius 1 is 0.964 bits per heavy atom. The molecule has 0 fully saturated rings. The minimum Gasteiger partial charge on any atom is -0.484 e. The molecule has 28 heavy (non-hydrogen) atoms. The molecule has 5 nitrogen and oxygen atoms in total. The number of benzene rings is 2. The van der Waals surface area contributed by atoms with Crippen molar-refractivity contribution in [1.82, 2.24) is 5.32 Å². The van der Waals surface area contributed by atoms with E-state index in [0.717, 1.165) is 12.0 Å². The zero-order chi connectivity index (χ0) is 20.6. The first-order chi connectivity index (χ1) is 13.3. The van der Waals surface area contributed by atoms with Crippen LogP contribution in [0.4, 0.5) is 5.69 Å². The van der Waals surface area contributed by atoms with Crippen molar-refractivity contribution in [3.05, 3.63) is 59.7 Å². The molecule has 2 N–H and O–H groups in total. The zero-order valence-electron chi connectivity index (χ0n) is 17.2. The van der Waals surface area contributed by atoms with Crippen molar-refractivity contribution < 1.29 is 14.3 Å². The Bertz CT molecular complexity index is 780. The molecule has 150 valence electrons. The predicted octanol–water partition coefficient (Wildman–Crippen LogP) is 4.07. The van der Waals surface area contributed by atoms with Gasteiger partial charge in [-0.15, -0.1) is 0 Å². The molecule has 0 spiro atoms. The first kappa shape index (κ1) is 21.5. The van der Waals surface area contributed by atoms with E-state index in [0.29, 0.717) is 24.3 Å². The fourth-order valence-electron chi connectivity index (χ4n) is 2.69. The van der Waals surface area contributed by atoms with Crippen molar-refractivity contribution >= 4 is 17.5 Å². The van der Waals surface area contributed by atoms with E-state index in [-0.39, 0.29) is 23.8 Å². The van der Waals surface area contributed by atoms with Crippen LogP contribution in [-0.2, 0) is 21.4 Å². The van der Waals surface area contributed by atoms with Gasteiger partial charge in [0.1, 0.15) is 5.75 Å². The fraction of sp³-hybridized carbons (Fsp3) is 0.391. The lowest BCUT2D eigenvalue weighted by molar-refractivity contribution is -0.120. The van der Waals surface area contributed by atoms with Crippen molar-refractivity contribution in [1.29, 1.82) is 0 Å². The number of nitrogens with one attached hydrogen (secondary N) is 2. The normalized spacial score (nSPS) is 11.0. The van der Waals surface area contributed by atoms with Gasteiger partial charge in [-0.2, -0.15) is 0 Å². The van der Waals surface area contributed by atoms with E-state index in [1.807, 2.05) is 48.5 Å². The molecule has 2 aromatic rings. The van der Waals surface area contributed by atoms with Gasteiger partial charge in [-0.05, 0) is 53.6 Å². The molecule has 0 aromatic heterocycles. The highest BCUT2D eigenvalue weighted by molar-refractivity contribution is 5.91. The van der Waals surface area contributed by atoms with Gasteiger partial charge >= 0.3 is 0 Å². The maximum Gasteiger partial charge on any atom is 0.262 e. The summed E-state index contributed by atoms with van der Waals surface area (Å²) < 4.78 is 5.59. The molecular weight excluding hydrogens is 352 g/mol. The third-order valence-electron chi connectivity index (χ3n) is 5.05. The van der Waals surface area contributed by atoms with E-state index in [1.165, 1.54) is 5.56 Å². The summed E-state index contributed by atoms with van der Waals surface area (Å²) in [7, 11) is 1.63. The number of hydrogen-bond donors (Lipinski definition) is 2. The Balaban J connectivity index is 1.81. The molecule has 0 aliphatic carbocycles. The van der Waals surface area contributed by atoms with Crippen LogP contribution >= 0.6 is 0 Å². The first-order valence-electron chi connectivity index (χ1n) is 9.67. The van der Waals surface area contributed by atoms with Gasteiger partial charge in [0.15, 0.2) is 6.61 Å². The van der Waals surface area contributed by atoms with E-state index in [2.05, 4.69) is 31.4 Å². The topological polar surface area (TPSA) is 67.4 Å². The van der Waals surface area contributed by atoms with Crippen molar-refractivity contribution in [3.8, 4) is 5.75 Å². The largest absolute Gasteiger partial charge is 0.484 e. The van der Waals surface area contributed by atoms with Crippen LogP contribution in [0, 0.1) is 0 Å². The average Bonchev–Trinajstić information content (AvgIpc) is 2.71. The summed E-state index contributed by atoms with van der Waals surface area (Å²) in [6, 6.07) is 15.4. The van der Waals surface area contributed by atoms with E-state index in [1.54, 1.807) is 7.05 Å². The smallest absolute Gasteiger partial charge is 0.262 e. The lowest BCUT2D eigenvalue weighted by atomic mass is 9.82. The summed E-state index contributed by atoms with van der Waals surface area (Å²) in [5.74, 6) is 0.479. The Morgan fingerprint density at radius 3 is 2.18 bits per heavy atom. The van der Waals surface area contributed by atoms with Crippen LogP contribution in [0.25, 0.3) is 0 Å². The third-order valence-corrected chi connectivity index (χ3v) is 5.05. The number of amides is 2. The molecule has 0 bridgehead atoms. The van der Waals surface area contributed by atoms with E-state index in [9.17, 15) is 9.59 Å². The van der Waals surface area contributed by atoms with E-state index in [4.69, 9.17) is 4.74 Å². The lowest BCUT2D eigenvalue weighted by Gasteiger charge is -2.23. The van der Waals surface area contributed by atoms with Gasteiger partial charge in [-0.1, -0.05) is 45.0 Å². The Hall–Kier alpha value is -2.82. The summed E-state index contributed by atoms with van der Waals surface area (Å²) in [5.41, 5.74) is 3.14. The first-order valence-corrected chi connectivity index (χ1v) is 9.67. The predicted molar refractivity (Wildman–Crippen MR) is 113 cm³/mol. The van der Waals surface area contributed by atoms with Gasteiger partial charge < -0.3 is 15.4 Å². The highest BCUT2D eigenvalue weighted by atomic mass is 16.5. The molecule has 0 unspecified atom stereocenters. The van der Waals surface area contributed by atoms with Crippen LogP contribution in [0.15, 0.2) is 48.5 Å². The number of carbonyl (C=O) groups excluding carboxylic acids is 2. The van der Waals surface area contributed by atoms with E-state index < -0.39 is 0 Å². The maximum atomic E-state index is 12.1. The molecule has 5 heteroatoms. The van der Waals surface area contributed by atoms with Crippen LogP contribution in [-0.4, -0.2) is 25.5 Å². The minimum atomic E-state index is -0.212. The molecule has 2 rings (SSSR count). The summed E-state index contributed by atoms with van der Waals surface area (Å²) in [4.78, 5) is 23.4. The van der Waals surface area contributed by atoms with Gasteiger partial charge in [0.2, 0.25) is 5.91 Å². The molecule has 0 heterocycles. The standard InChI is InChI=1S/C23H30N2O3/c1-5-23(2,3)18-9-13-20(14-10-18)28-16-22(27)25-19-11-6-17(7-12-19)8-15-21(26)24-4/h6-7,9-14H,5,8,15-16H2,1-4H3,(H,24,26)(H,25,27). The quantitative estimate of drug-likeness (QED) is 0.687. The van der Waals surface area contributed by atoms with Gasteiger partial charge in [-0.25, -0.2) is 0 Å². The number of carbonyl (C=O) groups is 2. The summed E-state index contributed by atoms with van der Waals surface area (Å²) >= 11 is 0. The second-order valence-electron chi connectivity index (χ2n) is 7.47. The van der Waals surface area contributed by atoms with Gasteiger partial charge in [0, 0.05) is 19.2 Å². The second-order valence-corrected chi connectivity index (χ2v) is 7.47. The van der Waals surface area contributed by atoms with Crippen molar-refractivity contribution in [2.24, 2.45) is 0 Å². The van der Waals surface area contributed by atoms with Gasteiger partial charge in [0.25, 0.3) is 5.91 Å². The average molecular weight is 383 g/mol. The fourth-order valence-corrected chi connectivity index (χ4v) is 2.69. The van der Waals surface area contributed by atoms with Crippen molar-refractivity contribution in [3.63, 3.8) is 0 Å².